The number of unbranched alkanes of at least 4 members (excludes halogenated alkanes) is 1. The molecule has 0 aliphatic carbocycles. The maximum absolute atomic E-state index is 11.5. The smallest absolute Gasteiger partial charge is 0.311 e. The second-order valence-electron chi connectivity index (χ2n) is 5.11. The van der Waals surface area contributed by atoms with E-state index in [-0.39, 0.29) is 12.6 Å². The zero-order valence-electron chi connectivity index (χ0n) is 11.3. The van der Waals surface area contributed by atoms with Gasteiger partial charge in [0.05, 0.1) is 12.0 Å². The second-order valence-corrected chi connectivity index (χ2v) is 5.11. The van der Waals surface area contributed by atoms with Crippen LogP contribution in [-0.4, -0.2) is 24.3 Å². The Labute approximate surface area is 104 Å². The van der Waals surface area contributed by atoms with Gasteiger partial charge in [-0.15, -0.1) is 0 Å². The number of ether oxygens (including phenoxy) is 1. The molecule has 0 aromatic heterocycles. The molecule has 17 heavy (non-hydrogen) atoms. The average molecular weight is 240 g/mol. The minimum atomic E-state index is -0.440. The van der Waals surface area contributed by atoms with Crippen LogP contribution in [0.1, 0.15) is 40.5 Å². The van der Waals surface area contributed by atoms with Crippen LogP contribution >= 0.6 is 0 Å². The predicted molar refractivity (Wildman–Crippen MR) is 69.6 cm³/mol. The van der Waals surface area contributed by atoms with Crippen molar-refractivity contribution in [1.82, 2.24) is 0 Å². The van der Waals surface area contributed by atoms with E-state index in [0.717, 1.165) is 18.4 Å². The van der Waals surface area contributed by atoms with Crippen molar-refractivity contribution in [2.45, 2.75) is 40.5 Å². The molecule has 0 fully saturated rings. The summed E-state index contributed by atoms with van der Waals surface area (Å²) in [5.41, 5.74) is 0.615. The molecule has 98 valence electrons. The molecule has 0 amide bonds. The van der Waals surface area contributed by atoms with Crippen molar-refractivity contribution < 1.29 is 14.6 Å². The molecular formula is C14H24O3. The highest BCUT2D eigenvalue weighted by molar-refractivity contribution is 5.75. The maximum atomic E-state index is 11.5. The molecule has 0 bridgehead atoms. The van der Waals surface area contributed by atoms with Crippen molar-refractivity contribution in [1.29, 1.82) is 0 Å². The molecule has 0 spiro atoms. The van der Waals surface area contributed by atoms with Gasteiger partial charge in [-0.25, -0.2) is 0 Å². The van der Waals surface area contributed by atoms with Crippen LogP contribution in [-0.2, 0) is 9.53 Å². The monoisotopic (exact) mass is 240 g/mol. The first-order valence-corrected chi connectivity index (χ1v) is 5.96. The molecule has 0 aromatic rings. The Bertz CT molecular complexity index is 282. The van der Waals surface area contributed by atoms with Crippen molar-refractivity contribution in [2.75, 3.05) is 13.2 Å². The average Bonchev–Trinajstić information content (AvgIpc) is 2.24. The Morgan fingerprint density at radius 3 is 2.41 bits per heavy atom. The number of allylic oxidation sites excluding steroid dienone is 2. The van der Waals surface area contributed by atoms with Gasteiger partial charge in [-0.2, -0.15) is 0 Å². The normalized spacial score (nSPS) is 13.1. The lowest BCUT2D eigenvalue weighted by Gasteiger charge is -2.16. The van der Waals surface area contributed by atoms with Crippen LogP contribution in [0.2, 0.25) is 0 Å². The SMILES string of the molecule is CC(=CCCC=CCO)COC(=O)C(C)(C)C. The van der Waals surface area contributed by atoms with Crippen LogP contribution in [0.3, 0.4) is 0 Å². The molecule has 0 aromatic carbocycles. The molecule has 0 aliphatic heterocycles. The van der Waals surface area contributed by atoms with Gasteiger partial charge >= 0.3 is 5.97 Å². The van der Waals surface area contributed by atoms with Gasteiger partial charge in [0.15, 0.2) is 0 Å². The molecule has 0 saturated carbocycles. The van der Waals surface area contributed by atoms with Gasteiger partial charge in [0.2, 0.25) is 0 Å². The summed E-state index contributed by atoms with van der Waals surface area (Å²) >= 11 is 0. The van der Waals surface area contributed by atoms with E-state index in [2.05, 4.69) is 6.08 Å². The lowest BCUT2D eigenvalue weighted by atomic mass is 9.97. The summed E-state index contributed by atoms with van der Waals surface area (Å²) < 4.78 is 5.18. The van der Waals surface area contributed by atoms with E-state index >= 15 is 0 Å². The van der Waals surface area contributed by atoms with E-state index in [1.54, 1.807) is 6.08 Å². The first-order chi connectivity index (χ1) is 7.88. The van der Waals surface area contributed by atoms with Crippen LogP contribution < -0.4 is 0 Å². The lowest BCUT2D eigenvalue weighted by Crippen LogP contribution is -2.23. The fraction of sp³-hybridized carbons (Fsp3) is 0.643. The third kappa shape index (κ3) is 8.69. The van der Waals surface area contributed by atoms with Crippen molar-refractivity contribution in [3.05, 3.63) is 23.8 Å². The number of hydrogen-bond acceptors (Lipinski definition) is 3. The van der Waals surface area contributed by atoms with Gasteiger partial charge in [0.1, 0.15) is 6.61 Å². The molecule has 3 nitrogen and oxygen atoms in total. The van der Waals surface area contributed by atoms with Crippen LogP contribution in [0.5, 0.6) is 0 Å². The molecule has 0 unspecified atom stereocenters. The predicted octanol–water partition coefficient (Wildman–Crippen LogP) is 2.85. The Morgan fingerprint density at radius 2 is 1.88 bits per heavy atom. The van der Waals surface area contributed by atoms with Crippen LogP contribution in [0, 0.1) is 5.41 Å². The largest absolute Gasteiger partial charge is 0.461 e. The number of aliphatic hydroxyl groups excluding tert-OH is 1. The van der Waals surface area contributed by atoms with E-state index < -0.39 is 5.41 Å². The molecule has 0 heterocycles. The highest BCUT2D eigenvalue weighted by atomic mass is 16.5. The summed E-state index contributed by atoms with van der Waals surface area (Å²) in [7, 11) is 0. The van der Waals surface area contributed by atoms with Crippen molar-refractivity contribution in [3.8, 4) is 0 Å². The molecule has 0 rings (SSSR count). The molecule has 3 heteroatoms. The molecule has 0 radical (unpaired) electrons. The highest BCUT2D eigenvalue weighted by Gasteiger charge is 2.22. The van der Waals surface area contributed by atoms with Gasteiger partial charge in [0.25, 0.3) is 0 Å². The number of rotatable bonds is 6. The Hall–Kier alpha value is -1.09. The molecule has 0 atom stereocenters. The minimum Gasteiger partial charge on any atom is -0.461 e. The van der Waals surface area contributed by atoms with E-state index in [1.165, 1.54) is 0 Å². The highest BCUT2D eigenvalue weighted by Crippen LogP contribution is 2.15. The number of esters is 1. The molecule has 0 saturated heterocycles. The first-order valence-electron chi connectivity index (χ1n) is 5.96. The van der Waals surface area contributed by atoms with Gasteiger partial charge in [-0.1, -0.05) is 18.2 Å². The third-order valence-electron chi connectivity index (χ3n) is 2.14. The summed E-state index contributed by atoms with van der Waals surface area (Å²) in [6.45, 7) is 7.92. The van der Waals surface area contributed by atoms with Crippen LogP contribution in [0.4, 0.5) is 0 Å². The Kier molecular flexibility index (Phi) is 7.55. The molecule has 1 N–H and O–H groups in total. The summed E-state index contributed by atoms with van der Waals surface area (Å²) in [6.07, 6.45) is 7.51. The second kappa shape index (κ2) is 8.07. The summed E-state index contributed by atoms with van der Waals surface area (Å²) in [5, 5.41) is 8.54. The number of carbonyl (C=O) groups excluding carboxylic acids is 1. The van der Waals surface area contributed by atoms with Gasteiger partial charge in [-0.3, -0.25) is 4.79 Å². The zero-order valence-corrected chi connectivity index (χ0v) is 11.3. The first kappa shape index (κ1) is 15.9. The summed E-state index contributed by atoms with van der Waals surface area (Å²) in [5.74, 6) is -0.176. The Morgan fingerprint density at radius 1 is 1.24 bits per heavy atom. The third-order valence-corrected chi connectivity index (χ3v) is 2.14. The van der Waals surface area contributed by atoms with Crippen molar-refractivity contribution >= 4 is 5.97 Å². The van der Waals surface area contributed by atoms with E-state index in [1.807, 2.05) is 33.8 Å². The van der Waals surface area contributed by atoms with Gasteiger partial charge in [-0.05, 0) is 46.1 Å². The van der Waals surface area contributed by atoms with Crippen molar-refractivity contribution in [3.63, 3.8) is 0 Å². The van der Waals surface area contributed by atoms with E-state index in [9.17, 15) is 4.79 Å². The molecular weight excluding hydrogens is 216 g/mol. The number of aliphatic hydroxyl groups is 1. The lowest BCUT2D eigenvalue weighted by molar-refractivity contribution is -0.151. The fourth-order valence-electron chi connectivity index (χ4n) is 1.07. The van der Waals surface area contributed by atoms with Crippen LogP contribution in [0.25, 0.3) is 0 Å². The summed E-state index contributed by atoms with van der Waals surface area (Å²) in [4.78, 5) is 11.5. The quantitative estimate of drug-likeness (QED) is 0.441. The van der Waals surface area contributed by atoms with Crippen LogP contribution in [0.15, 0.2) is 23.8 Å². The van der Waals surface area contributed by atoms with E-state index in [4.69, 9.17) is 9.84 Å². The topological polar surface area (TPSA) is 46.5 Å². The van der Waals surface area contributed by atoms with Gasteiger partial charge < -0.3 is 9.84 Å². The van der Waals surface area contributed by atoms with Crippen molar-refractivity contribution in [2.24, 2.45) is 5.41 Å². The Balaban J connectivity index is 3.86. The van der Waals surface area contributed by atoms with E-state index in [0.29, 0.717) is 6.61 Å². The number of hydrogen-bond donors (Lipinski definition) is 1. The number of carbonyl (C=O) groups is 1. The fourth-order valence-corrected chi connectivity index (χ4v) is 1.07. The summed E-state index contributed by atoms with van der Waals surface area (Å²) in [6, 6.07) is 0. The zero-order chi connectivity index (χ0) is 13.3. The maximum Gasteiger partial charge on any atom is 0.311 e. The van der Waals surface area contributed by atoms with Gasteiger partial charge in [0, 0.05) is 0 Å². The standard InChI is InChI=1S/C14H24O3/c1-12(9-7-5-6-8-10-15)11-17-13(16)14(2,3)4/h6,8-9,15H,5,7,10-11H2,1-4H3. The minimum absolute atomic E-state index is 0.0892. The molecule has 0 aliphatic rings.